The number of nitriles is 1. The molecule has 22 heavy (non-hydrogen) atoms. The van der Waals surface area contributed by atoms with Gasteiger partial charge < -0.3 is 5.32 Å². The maximum absolute atomic E-state index is 11.3. The van der Waals surface area contributed by atoms with Gasteiger partial charge in [-0.1, -0.05) is 51.5 Å². The van der Waals surface area contributed by atoms with Crippen LogP contribution in [0.4, 0.5) is 0 Å². The third kappa shape index (κ3) is 3.16. The minimum Gasteiger partial charge on any atom is -0.349 e. The van der Waals surface area contributed by atoms with Crippen LogP contribution in [-0.2, 0) is 16.8 Å². The van der Waals surface area contributed by atoms with Gasteiger partial charge in [-0.25, -0.2) is 0 Å². The van der Waals surface area contributed by atoms with Gasteiger partial charge in [-0.3, -0.25) is 4.79 Å². The summed E-state index contributed by atoms with van der Waals surface area (Å²) in [6, 6.07) is 10.4. The molecule has 3 nitrogen and oxygen atoms in total. The van der Waals surface area contributed by atoms with E-state index in [0.717, 1.165) is 24.8 Å². The summed E-state index contributed by atoms with van der Waals surface area (Å²) >= 11 is 0. The zero-order chi connectivity index (χ0) is 16.2. The Morgan fingerprint density at radius 3 is 2.59 bits per heavy atom. The molecular weight excluding hydrogens is 272 g/mol. The molecule has 3 unspecified atom stereocenters. The zero-order valence-corrected chi connectivity index (χ0v) is 13.8. The van der Waals surface area contributed by atoms with Crippen molar-refractivity contribution in [1.29, 1.82) is 5.26 Å². The molecule has 1 N–H and O–H groups in total. The lowest BCUT2D eigenvalue weighted by Gasteiger charge is -2.48. The van der Waals surface area contributed by atoms with Gasteiger partial charge in [-0.05, 0) is 41.7 Å². The Morgan fingerprint density at radius 1 is 1.36 bits per heavy atom. The van der Waals surface area contributed by atoms with Gasteiger partial charge in [-0.2, -0.15) is 5.26 Å². The van der Waals surface area contributed by atoms with Crippen molar-refractivity contribution in [2.24, 2.45) is 17.8 Å². The number of amides is 1. The van der Waals surface area contributed by atoms with Crippen LogP contribution < -0.4 is 5.32 Å². The molecular formula is C19H26N2O. The molecule has 1 aromatic rings. The van der Waals surface area contributed by atoms with Crippen molar-refractivity contribution in [2.75, 3.05) is 0 Å². The average molecular weight is 298 g/mol. The largest absolute Gasteiger partial charge is 0.349 e. The van der Waals surface area contributed by atoms with Crippen molar-refractivity contribution in [3.05, 3.63) is 35.4 Å². The van der Waals surface area contributed by atoms with Crippen molar-refractivity contribution in [3.63, 3.8) is 0 Å². The van der Waals surface area contributed by atoms with Crippen LogP contribution in [0.2, 0.25) is 0 Å². The van der Waals surface area contributed by atoms with Crippen molar-refractivity contribution in [2.45, 2.75) is 52.0 Å². The molecule has 1 saturated carbocycles. The molecule has 0 heterocycles. The van der Waals surface area contributed by atoms with E-state index in [1.54, 1.807) is 0 Å². The second-order valence-electron chi connectivity index (χ2n) is 7.00. The first-order chi connectivity index (χ1) is 10.5. The lowest BCUT2D eigenvalue weighted by molar-refractivity contribution is -0.113. The van der Waals surface area contributed by atoms with E-state index in [0.29, 0.717) is 24.2 Å². The highest BCUT2D eigenvalue weighted by Crippen LogP contribution is 2.47. The van der Waals surface area contributed by atoms with Crippen LogP contribution in [0, 0.1) is 29.1 Å². The quantitative estimate of drug-likeness (QED) is 0.841. The molecule has 0 spiro atoms. The maximum atomic E-state index is 11.3. The number of nitrogens with zero attached hydrogens (tertiary/aromatic N) is 1. The molecule has 1 aromatic carbocycles. The van der Waals surface area contributed by atoms with Gasteiger partial charge >= 0.3 is 0 Å². The lowest BCUT2D eigenvalue weighted by atomic mass is 9.62. The van der Waals surface area contributed by atoms with Gasteiger partial charge in [-0.15, -0.1) is 0 Å². The number of nitrogens with one attached hydrogen (secondary N) is 1. The number of carbonyl (C=O) groups is 1. The first kappa shape index (κ1) is 16.5. The predicted octanol–water partition coefficient (Wildman–Crippen LogP) is 3.79. The second-order valence-corrected chi connectivity index (χ2v) is 7.00. The van der Waals surface area contributed by atoms with Crippen LogP contribution in [0.1, 0.15) is 51.2 Å². The van der Waals surface area contributed by atoms with E-state index >= 15 is 0 Å². The summed E-state index contributed by atoms with van der Waals surface area (Å²) in [6.45, 7) is 6.75. The monoisotopic (exact) mass is 298 g/mol. The molecule has 0 aliphatic heterocycles. The Kier molecular flexibility index (Phi) is 5.24. The topological polar surface area (TPSA) is 52.9 Å². The van der Waals surface area contributed by atoms with Crippen LogP contribution in [0.15, 0.2) is 24.3 Å². The number of rotatable bonds is 5. The minimum atomic E-state index is -0.279. The van der Waals surface area contributed by atoms with Crippen LogP contribution in [0.3, 0.4) is 0 Å². The molecule has 0 bridgehead atoms. The number of hydrogen-bond acceptors (Lipinski definition) is 2. The molecule has 0 aromatic heterocycles. The SMILES string of the molecule is CC1CCC(C(C)C)C(NC=O)(c2ccc(CC#N)cc2)C1. The smallest absolute Gasteiger partial charge is 0.207 e. The standard InChI is InChI=1S/C19H26N2O/c1-14(2)18-9-4-15(3)12-19(18,21-13-22)17-7-5-16(6-8-17)10-11-20/h5-8,13-15,18H,4,9-10,12H2,1-3H3,(H,21,22). The molecule has 3 heteroatoms. The fourth-order valence-electron chi connectivity index (χ4n) is 4.11. The van der Waals surface area contributed by atoms with Crippen molar-refractivity contribution >= 4 is 6.41 Å². The van der Waals surface area contributed by atoms with E-state index in [4.69, 9.17) is 5.26 Å². The van der Waals surface area contributed by atoms with Gasteiger partial charge in [0.1, 0.15) is 0 Å². The van der Waals surface area contributed by atoms with Gasteiger partial charge in [0.25, 0.3) is 0 Å². The highest BCUT2D eigenvalue weighted by atomic mass is 16.1. The summed E-state index contributed by atoms with van der Waals surface area (Å²) in [4.78, 5) is 11.3. The summed E-state index contributed by atoms with van der Waals surface area (Å²) in [7, 11) is 0. The zero-order valence-electron chi connectivity index (χ0n) is 13.8. The molecule has 1 fully saturated rings. The van der Waals surface area contributed by atoms with Gasteiger partial charge in [0.2, 0.25) is 6.41 Å². The molecule has 1 aliphatic rings. The Balaban J connectivity index is 2.44. The number of hydrogen-bond donors (Lipinski definition) is 1. The normalized spacial score (nSPS) is 28.1. The van der Waals surface area contributed by atoms with Crippen molar-refractivity contribution < 1.29 is 4.79 Å². The van der Waals surface area contributed by atoms with Crippen LogP contribution >= 0.6 is 0 Å². The number of carbonyl (C=O) groups excluding carboxylic acids is 1. The maximum Gasteiger partial charge on any atom is 0.207 e. The van der Waals surface area contributed by atoms with E-state index in [9.17, 15) is 4.79 Å². The number of benzene rings is 1. The summed E-state index contributed by atoms with van der Waals surface area (Å²) in [6.07, 6.45) is 4.62. The highest BCUT2D eigenvalue weighted by molar-refractivity contribution is 5.50. The van der Waals surface area contributed by atoms with Gasteiger partial charge in [0.15, 0.2) is 0 Å². The fourth-order valence-corrected chi connectivity index (χ4v) is 4.11. The second kappa shape index (κ2) is 6.96. The van der Waals surface area contributed by atoms with E-state index in [2.05, 4.69) is 44.3 Å². The van der Waals surface area contributed by atoms with Crippen molar-refractivity contribution in [1.82, 2.24) is 5.32 Å². The Hall–Kier alpha value is -1.82. The molecule has 0 radical (unpaired) electrons. The average Bonchev–Trinajstić information content (AvgIpc) is 2.48. The molecule has 0 saturated heterocycles. The Bertz CT molecular complexity index is 544. The third-order valence-electron chi connectivity index (χ3n) is 5.15. The van der Waals surface area contributed by atoms with Gasteiger partial charge in [0.05, 0.1) is 18.0 Å². The molecule has 1 amide bonds. The van der Waals surface area contributed by atoms with Crippen molar-refractivity contribution in [3.8, 4) is 6.07 Å². The van der Waals surface area contributed by atoms with Crippen LogP contribution in [-0.4, -0.2) is 6.41 Å². The van der Waals surface area contributed by atoms with Crippen LogP contribution in [0.5, 0.6) is 0 Å². The highest BCUT2D eigenvalue weighted by Gasteiger charge is 2.45. The Labute approximate surface area is 133 Å². The van der Waals surface area contributed by atoms with Gasteiger partial charge in [0, 0.05) is 0 Å². The minimum absolute atomic E-state index is 0.279. The molecule has 118 valence electrons. The first-order valence-electron chi connectivity index (χ1n) is 8.21. The Morgan fingerprint density at radius 2 is 2.05 bits per heavy atom. The van der Waals surface area contributed by atoms with E-state index < -0.39 is 0 Å². The summed E-state index contributed by atoms with van der Waals surface area (Å²) in [5, 5.41) is 12.0. The first-order valence-corrected chi connectivity index (χ1v) is 8.21. The fraction of sp³-hybridized carbons (Fsp3) is 0.579. The van der Waals surface area contributed by atoms with E-state index in [1.807, 2.05) is 12.1 Å². The molecule has 3 atom stereocenters. The summed E-state index contributed by atoms with van der Waals surface area (Å²) in [5.74, 6) is 1.55. The van der Waals surface area contributed by atoms with Crippen LogP contribution in [0.25, 0.3) is 0 Å². The van der Waals surface area contributed by atoms with E-state index in [-0.39, 0.29) is 5.54 Å². The summed E-state index contributed by atoms with van der Waals surface area (Å²) in [5.41, 5.74) is 1.92. The van der Waals surface area contributed by atoms with E-state index in [1.165, 1.54) is 12.0 Å². The predicted molar refractivity (Wildman–Crippen MR) is 88.0 cm³/mol. The lowest BCUT2D eigenvalue weighted by Crippen LogP contribution is -2.53. The molecule has 2 rings (SSSR count). The third-order valence-corrected chi connectivity index (χ3v) is 5.15. The molecule has 1 aliphatic carbocycles. The summed E-state index contributed by atoms with van der Waals surface area (Å²) < 4.78 is 0.